The molecular formula is C15H27ClO. The van der Waals surface area contributed by atoms with Crippen molar-refractivity contribution in [3.8, 4) is 0 Å². The van der Waals surface area contributed by atoms with Gasteiger partial charge in [-0.2, -0.15) is 0 Å². The SMILES string of the molecule is C=CCCCCCCCCCCCCC(=O)Cl. The minimum Gasteiger partial charge on any atom is -0.281 e. The van der Waals surface area contributed by atoms with Gasteiger partial charge in [0, 0.05) is 6.42 Å². The van der Waals surface area contributed by atoms with Crippen molar-refractivity contribution in [3.05, 3.63) is 12.7 Å². The van der Waals surface area contributed by atoms with Crippen molar-refractivity contribution in [2.75, 3.05) is 0 Å². The minimum atomic E-state index is -0.190. The van der Waals surface area contributed by atoms with Gasteiger partial charge in [-0.15, -0.1) is 6.58 Å². The van der Waals surface area contributed by atoms with E-state index in [4.69, 9.17) is 11.6 Å². The molecule has 2 heteroatoms. The molecule has 0 N–H and O–H groups in total. The molecule has 0 spiro atoms. The van der Waals surface area contributed by atoms with Crippen molar-refractivity contribution in [2.45, 2.75) is 77.0 Å². The summed E-state index contributed by atoms with van der Waals surface area (Å²) in [5.74, 6) is 0. The molecule has 1 nitrogen and oxygen atoms in total. The molecule has 0 radical (unpaired) electrons. The van der Waals surface area contributed by atoms with E-state index in [2.05, 4.69) is 6.58 Å². The van der Waals surface area contributed by atoms with Crippen LogP contribution in [-0.2, 0) is 4.79 Å². The normalized spacial score (nSPS) is 10.4. The van der Waals surface area contributed by atoms with E-state index >= 15 is 0 Å². The van der Waals surface area contributed by atoms with Gasteiger partial charge in [-0.1, -0.05) is 57.4 Å². The molecule has 0 atom stereocenters. The molecule has 0 saturated heterocycles. The molecule has 0 fully saturated rings. The Hall–Kier alpha value is -0.300. The van der Waals surface area contributed by atoms with Crippen LogP contribution in [0.3, 0.4) is 0 Å². The van der Waals surface area contributed by atoms with Gasteiger partial charge in [-0.3, -0.25) is 4.79 Å². The van der Waals surface area contributed by atoms with E-state index in [1.54, 1.807) is 0 Å². The Morgan fingerprint density at radius 2 is 1.24 bits per heavy atom. The van der Waals surface area contributed by atoms with E-state index in [-0.39, 0.29) is 5.24 Å². The Morgan fingerprint density at radius 1 is 0.824 bits per heavy atom. The first-order chi connectivity index (χ1) is 8.27. The first-order valence-electron chi connectivity index (χ1n) is 7.06. The maximum atomic E-state index is 10.5. The van der Waals surface area contributed by atoms with E-state index in [0.29, 0.717) is 6.42 Å². The van der Waals surface area contributed by atoms with Crippen molar-refractivity contribution in [2.24, 2.45) is 0 Å². The van der Waals surface area contributed by atoms with Crippen LogP contribution in [0.25, 0.3) is 0 Å². The van der Waals surface area contributed by atoms with Crippen LogP contribution in [0, 0.1) is 0 Å². The van der Waals surface area contributed by atoms with Crippen LogP contribution in [0.5, 0.6) is 0 Å². The molecule has 100 valence electrons. The predicted molar refractivity (Wildman–Crippen MR) is 76.5 cm³/mol. The van der Waals surface area contributed by atoms with Gasteiger partial charge in [-0.05, 0) is 30.9 Å². The molecule has 0 saturated carbocycles. The summed E-state index contributed by atoms with van der Waals surface area (Å²) in [6, 6.07) is 0. The van der Waals surface area contributed by atoms with Crippen molar-refractivity contribution >= 4 is 16.8 Å². The molecule has 0 heterocycles. The fourth-order valence-electron chi connectivity index (χ4n) is 1.97. The van der Waals surface area contributed by atoms with Crippen LogP contribution < -0.4 is 0 Å². The summed E-state index contributed by atoms with van der Waals surface area (Å²) < 4.78 is 0. The van der Waals surface area contributed by atoms with Gasteiger partial charge in [0.1, 0.15) is 0 Å². The summed E-state index contributed by atoms with van der Waals surface area (Å²) >= 11 is 5.27. The third-order valence-corrected chi connectivity index (χ3v) is 3.22. The van der Waals surface area contributed by atoms with Gasteiger partial charge in [0.05, 0.1) is 0 Å². The fourth-order valence-corrected chi connectivity index (χ4v) is 2.10. The van der Waals surface area contributed by atoms with Gasteiger partial charge >= 0.3 is 0 Å². The van der Waals surface area contributed by atoms with Gasteiger partial charge in [0.2, 0.25) is 5.24 Å². The topological polar surface area (TPSA) is 17.1 Å². The zero-order valence-electron chi connectivity index (χ0n) is 11.1. The zero-order valence-corrected chi connectivity index (χ0v) is 11.8. The van der Waals surface area contributed by atoms with Crippen molar-refractivity contribution < 1.29 is 4.79 Å². The second-order valence-corrected chi connectivity index (χ2v) is 5.14. The average Bonchev–Trinajstić information content (AvgIpc) is 2.30. The molecule has 0 rings (SSSR count). The molecule has 17 heavy (non-hydrogen) atoms. The van der Waals surface area contributed by atoms with Gasteiger partial charge in [-0.25, -0.2) is 0 Å². The minimum absolute atomic E-state index is 0.190. The lowest BCUT2D eigenvalue weighted by Gasteiger charge is -2.01. The fraction of sp³-hybridized carbons (Fsp3) is 0.800. The maximum Gasteiger partial charge on any atom is 0.221 e. The number of halogens is 1. The average molecular weight is 259 g/mol. The van der Waals surface area contributed by atoms with Crippen molar-refractivity contribution in [1.29, 1.82) is 0 Å². The van der Waals surface area contributed by atoms with E-state index in [9.17, 15) is 4.79 Å². The maximum absolute atomic E-state index is 10.5. The van der Waals surface area contributed by atoms with Crippen LogP contribution in [0.1, 0.15) is 77.0 Å². The second-order valence-electron chi connectivity index (χ2n) is 4.72. The summed E-state index contributed by atoms with van der Waals surface area (Å²) in [5, 5.41) is -0.190. The number of carbonyl (C=O) groups is 1. The highest BCUT2D eigenvalue weighted by Gasteiger charge is 1.96. The predicted octanol–water partition coefficient (Wildman–Crippen LogP) is 5.62. The van der Waals surface area contributed by atoms with Crippen LogP contribution in [0.15, 0.2) is 12.7 Å². The Bertz CT molecular complexity index is 189. The molecule has 0 aliphatic rings. The van der Waals surface area contributed by atoms with Crippen LogP contribution >= 0.6 is 11.6 Å². The lowest BCUT2D eigenvalue weighted by atomic mass is 10.1. The highest BCUT2D eigenvalue weighted by atomic mass is 35.5. The van der Waals surface area contributed by atoms with Crippen LogP contribution in [0.2, 0.25) is 0 Å². The number of hydrogen-bond acceptors (Lipinski definition) is 1. The number of allylic oxidation sites excluding steroid dienone is 1. The van der Waals surface area contributed by atoms with Crippen LogP contribution in [0.4, 0.5) is 0 Å². The van der Waals surface area contributed by atoms with Crippen molar-refractivity contribution in [1.82, 2.24) is 0 Å². The zero-order chi connectivity index (χ0) is 12.8. The largest absolute Gasteiger partial charge is 0.281 e. The molecule has 0 aromatic carbocycles. The Morgan fingerprint density at radius 3 is 1.65 bits per heavy atom. The number of hydrogen-bond donors (Lipinski definition) is 0. The summed E-state index contributed by atoms with van der Waals surface area (Å²) in [4.78, 5) is 10.5. The Kier molecular flexibility index (Phi) is 13.5. The molecule has 0 aromatic heterocycles. The summed E-state index contributed by atoms with van der Waals surface area (Å²) in [7, 11) is 0. The van der Waals surface area contributed by atoms with Gasteiger partial charge in [0.25, 0.3) is 0 Å². The molecule has 0 unspecified atom stereocenters. The summed E-state index contributed by atoms with van der Waals surface area (Å²) in [6.07, 6.45) is 16.5. The molecule has 0 amide bonds. The lowest BCUT2D eigenvalue weighted by molar-refractivity contribution is -0.111. The third kappa shape index (κ3) is 15.7. The molecule has 0 aromatic rings. The standard InChI is InChI=1S/C15H27ClO/c1-2-3-4-5-6-7-8-9-10-11-12-13-14-15(16)17/h2H,1,3-14H2. The summed E-state index contributed by atoms with van der Waals surface area (Å²) in [5.41, 5.74) is 0. The lowest BCUT2D eigenvalue weighted by Crippen LogP contribution is -1.86. The van der Waals surface area contributed by atoms with E-state index in [1.165, 1.54) is 57.8 Å². The first kappa shape index (κ1) is 16.7. The Balaban J connectivity index is 2.94. The van der Waals surface area contributed by atoms with Gasteiger partial charge < -0.3 is 0 Å². The number of carbonyl (C=O) groups excluding carboxylic acids is 1. The second kappa shape index (κ2) is 13.8. The van der Waals surface area contributed by atoms with E-state index in [0.717, 1.165) is 12.8 Å². The number of unbranched alkanes of at least 4 members (excludes halogenated alkanes) is 10. The Labute approximate surface area is 112 Å². The van der Waals surface area contributed by atoms with Gasteiger partial charge in [0.15, 0.2) is 0 Å². The molecule has 0 aliphatic carbocycles. The van der Waals surface area contributed by atoms with Crippen molar-refractivity contribution in [3.63, 3.8) is 0 Å². The van der Waals surface area contributed by atoms with E-state index < -0.39 is 0 Å². The highest BCUT2D eigenvalue weighted by Crippen LogP contribution is 2.12. The highest BCUT2D eigenvalue weighted by molar-refractivity contribution is 6.63. The molecule has 0 aliphatic heterocycles. The first-order valence-corrected chi connectivity index (χ1v) is 7.44. The molecule has 0 bridgehead atoms. The van der Waals surface area contributed by atoms with E-state index in [1.807, 2.05) is 6.08 Å². The monoisotopic (exact) mass is 258 g/mol. The van der Waals surface area contributed by atoms with Crippen LogP contribution in [-0.4, -0.2) is 5.24 Å². The molecular weight excluding hydrogens is 232 g/mol. The number of rotatable bonds is 13. The third-order valence-electron chi connectivity index (χ3n) is 3.03. The summed E-state index contributed by atoms with van der Waals surface area (Å²) in [6.45, 7) is 3.72. The smallest absolute Gasteiger partial charge is 0.221 e. The quantitative estimate of drug-likeness (QED) is 0.238.